The van der Waals surface area contributed by atoms with Crippen molar-refractivity contribution in [3.05, 3.63) is 59.9 Å². The molecule has 1 saturated heterocycles. The molecular formula is C22H30N4O2. The van der Waals surface area contributed by atoms with E-state index >= 15 is 0 Å². The van der Waals surface area contributed by atoms with Crippen molar-refractivity contribution in [3.8, 4) is 0 Å². The third-order valence-electron chi connectivity index (χ3n) is 4.92. The molecule has 1 N–H and O–H groups in total. The van der Waals surface area contributed by atoms with Crippen LogP contribution in [-0.4, -0.2) is 66.1 Å². The maximum absolute atomic E-state index is 12.9. The number of hydrogen-bond acceptors (Lipinski definition) is 5. The molecule has 150 valence electrons. The molecule has 3 rings (SSSR count). The van der Waals surface area contributed by atoms with E-state index in [1.807, 2.05) is 55.1 Å². The lowest BCUT2D eigenvalue weighted by Gasteiger charge is -2.27. The minimum atomic E-state index is -0.0429. The predicted octanol–water partition coefficient (Wildman–Crippen LogP) is 2.88. The van der Waals surface area contributed by atoms with Gasteiger partial charge in [-0.15, -0.1) is 0 Å². The molecule has 0 radical (unpaired) electrons. The molecule has 0 bridgehead atoms. The summed E-state index contributed by atoms with van der Waals surface area (Å²) in [4.78, 5) is 21.6. The molecular weight excluding hydrogens is 352 g/mol. The fourth-order valence-corrected chi connectivity index (χ4v) is 3.22. The van der Waals surface area contributed by atoms with Crippen molar-refractivity contribution in [1.29, 1.82) is 0 Å². The number of anilines is 1. The molecule has 0 aliphatic carbocycles. The van der Waals surface area contributed by atoms with E-state index in [4.69, 9.17) is 4.74 Å². The van der Waals surface area contributed by atoms with Gasteiger partial charge >= 0.3 is 0 Å². The number of ether oxygens (including phenoxy) is 1. The Morgan fingerprint density at radius 2 is 1.93 bits per heavy atom. The molecule has 28 heavy (non-hydrogen) atoms. The maximum Gasteiger partial charge on any atom is 0.272 e. The Morgan fingerprint density at radius 3 is 2.57 bits per heavy atom. The lowest BCUT2D eigenvalue weighted by Crippen LogP contribution is -2.39. The highest BCUT2D eigenvalue weighted by atomic mass is 16.5. The number of carbonyl (C=O) groups excluding carboxylic acids is 1. The van der Waals surface area contributed by atoms with Crippen LogP contribution in [0.15, 0.2) is 48.7 Å². The Kier molecular flexibility index (Phi) is 7.39. The number of rotatable bonds is 8. The Balaban J connectivity index is 1.55. The van der Waals surface area contributed by atoms with Crippen molar-refractivity contribution in [2.45, 2.75) is 26.4 Å². The fourth-order valence-electron chi connectivity index (χ4n) is 3.22. The summed E-state index contributed by atoms with van der Waals surface area (Å²) in [6, 6.07) is 13.9. The number of pyridine rings is 1. The van der Waals surface area contributed by atoms with Gasteiger partial charge in [0.25, 0.3) is 5.91 Å². The van der Waals surface area contributed by atoms with Crippen molar-refractivity contribution in [2.24, 2.45) is 0 Å². The van der Waals surface area contributed by atoms with Crippen LogP contribution in [0.1, 0.15) is 29.9 Å². The van der Waals surface area contributed by atoms with Gasteiger partial charge in [-0.3, -0.25) is 9.69 Å². The second-order valence-corrected chi connectivity index (χ2v) is 7.33. The summed E-state index contributed by atoms with van der Waals surface area (Å²) >= 11 is 0. The minimum Gasteiger partial charge on any atom is -0.383 e. The molecule has 6 heteroatoms. The molecule has 1 aromatic carbocycles. The fraction of sp³-hybridized carbons (Fsp3) is 0.455. The first-order chi connectivity index (χ1) is 13.6. The van der Waals surface area contributed by atoms with Gasteiger partial charge in [0, 0.05) is 38.8 Å². The second-order valence-electron chi connectivity index (χ2n) is 7.33. The molecule has 1 aliphatic rings. The highest BCUT2D eigenvalue weighted by Crippen LogP contribution is 2.14. The van der Waals surface area contributed by atoms with Crippen LogP contribution in [0.5, 0.6) is 0 Å². The molecule has 1 fully saturated rings. The summed E-state index contributed by atoms with van der Waals surface area (Å²) in [5, 5.41) is 3.38. The van der Waals surface area contributed by atoms with E-state index in [1.54, 1.807) is 12.3 Å². The number of benzene rings is 1. The third kappa shape index (κ3) is 5.78. The van der Waals surface area contributed by atoms with Crippen LogP contribution in [0.4, 0.5) is 5.69 Å². The Labute approximate surface area is 167 Å². The lowest BCUT2D eigenvalue weighted by atomic mass is 10.1. The normalized spacial score (nSPS) is 14.8. The largest absolute Gasteiger partial charge is 0.383 e. The van der Waals surface area contributed by atoms with Gasteiger partial charge < -0.3 is 15.0 Å². The van der Waals surface area contributed by atoms with E-state index in [0.29, 0.717) is 12.2 Å². The van der Waals surface area contributed by atoms with Crippen LogP contribution < -0.4 is 5.32 Å². The quantitative estimate of drug-likeness (QED) is 0.761. The topological polar surface area (TPSA) is 57.7 Å². The first-order valence-electron chi connectivity index (χ1n) is 9.98. The molecule has 0 atom stereocenters. The molecule has 0 unspecified atom stereocenters. The van der Waals surface area contributed by atoms with Gasteiger partial charge in [-0.2, -0.15) is 0 Å². The Morgan fingerprint density at radius 1 is 1.18 bits per heavy atom. The highest BCUT2D eigenvalue weighted by molar-refractivity contribution is 5.92. The molecule has 2 heterocycles. The average molecular weight is 383 g/mol. The maximum atomic E-state index is 12.9. The molecule has 0 saturated carbocycles. The SMILES string of the molecule is CC(C)N(Cc1ccccc1)C(=O)c1ccc(NCCN2CCOCC2)cn1. The van der Waals surface area contributed by atoms with E-state index in [0.717, 1.165) is 50.6 Å². The van der Waals surface area contributed by atoms with Gasteiger partial charge in [0.2, 0.25) is 0 Å². The minimum absolute atomic E-state index is 0.0429. The van der Waals surface area contributed by atoms with Crippen LogP contribution in [-0.2, 0) is 11.3 Å². The van der Waals surface area contributed by atoms with E-state index < -0.39 is 0 Å². The zero-order chi connectivity index (χ0) is 19.8. The zero-order valence-corrected chi connectivity index (χ0v) is 16.8. The van der Waals surface area contributed by atoms with Gasteiger partial charge in [0.15, 0.2) is 0 Å². The van der Waals surface area contributed by atoms with Crippen molar-refractivity contribution >= 4 is 11.6 Å². The summed E-state index contributed by atoms with van der Waals surface area (Å²) in [6.07, 6.45) is 1.74. The average Bonchev–Trinajstić information content (AvgIpc) is 2.73. The summed E-state index contributed by atoms with van der Waals surface area (Å²) in [5.41, 5.74) is 2.53. The third-order valence-corrected chi connectivity index (χ3v) is 4.92. The monoisotopic (exact) mass is 382 g/mol. The van der Waals surface area contributed by atoms with Gasteiger partial charge in [0.05, 0.1) is 25.1 Å². The van der Waals surface area contributed by atoms with Crippen molar-refractivity contribution in [2.75, 3.05) is 44.7 Å². The van der Waals surface area contributed by atoms with Crippen LogP contribution in [0.2, 0.25) is 0 Å². The van der Waals surface area contributed by atoms with Crippen LogP contribution in [0, 0.1) is 0 Å². The van der Waals surface area contributed by atoms with Crippen LogP contribution in [0.3, 0.4) is 0 Å². The number of morpholine rings is 1. The van der Waals surface area contributed by atoms with Crippen LogP contribution in [0.25, 0.3) is 0 Å². The molecule has 1 aromatic heterocycles. The lowest BCUT2D eigenvalue weighted by molar-refractivity contribution is 0.0398. The van der Waals surface area contributed by atoms with Gasteiger partial charge in [-0.1, -0.05) is 30.3 Å². The van der Waals surface area contributed by atoms with E-state index in [1.165, 1.54) is 0 Å². The molecule has 0 spiro atoms. The number of aromatic nitrogens is 1. The first-order valence-corrected chi connectivity index (χ1v) is 9.98. The summed E-state index contributed by atoms with van der Waals surface area (Å²) in [6.45, 7) is 10.1. The number of hydrogen-bond donors (Lipinski definition) is 1. The van der Waals surface area contributed by atoms with Crippen molar-refractivity contribution in [1.82, 2.24) is 14.8 Å². The number of nitrogens with one attached hydrogen (secondary N) is 1. The molecule has 2 aromatic rings. The predicted molar refractivity (Wildman–Crippen MR) is 111 cm³/mol. The van der Waals surface area contributed by atoms with Crippen molar-refractivity contribution < 1.29 is 9.53 Å². The molecule has 1 aliphatic heterocycles. The van der Waals surface area contributed by atoms with E-state index in [9.17, 15) is 4.79 Å². The molecule has 6 nitrogen and oxygen atoms in total. The van der Waals surface area contributed by atoms with Gasteiger partial charge in [-0.05, 0) is 31.5 Å². The van der Waals surface area contributed by atoms with Crippen molar-refractivity contribution in [3.63, 3.8) is 0 Å². The van der Waals surface area contributed by atoms with E-state index in [2.05, 4.69) is 15.2 Å². The number of amides is 1. The standard InChI is InChI=1S/C22H30N4O2/c1-18(2)26(17-19-6-4-3-5-7-19)22(27)21-9-8-20(16-24-21)23-10-11-25-12-14-28-15-13-25/h3-9,16,18,23H,10-15,17H2,1-2H3. The summed E-state index contributed by atoms with van der Waals surface area (Å²) in [7, 11) is 0. The molecule has 1 amide bonds. The second kappa shape index (κ2) is 10.2. The number of carbonyl (C=O) groups is 1. The number of nitrogens with zero attached hydrogens (tertiary/aromatic N) is 3. The van der Waals surface area contributed by atoms with E-state index in [-0.39, 0.29) is 11.9 Å². The summed E-state index contributed by atoms with van der Waals surface area (Å²) < 4.78 is 5.37. The van der Waals surface area contributed by atoms with Gasteiger partial charge in [-0.25, -0.2) is 4.98 Å². The Bertz CT molecular complexity index is 728. The smallest absolute Gasteiger partial charge is 0.272 e. The van der Waals surface area contributed by atoms with Crippen LogP contribution >= 0.6 is 0 Å². The van der Waals surface area contributed by atoms with Gasteiger partial charge in [0.1, 0.15) is 5.69 Å². The first kappa shape index (κ1) is 20.3. The Hall–Kier alpha value is -2.44. The summed E-state index contributed by atoms with van der Waals surface area (Å²) in [5.74, 6) is -0.0429. The highest BCUT2D eigenvalue weighted by Gasteiger charge is 2.20. The zero-order valence-electron chi connectivity index (χ0n) is 16.8.